The highest BCUT2D eigenvalue weighted by Gasteiger charge is 2.07. The lowest BCUT2D eigenvalue weighted by Crippen LogP contribution is -2.35. The number of hydrogen-bond donors (Lipinski definition) is 1. The Bertz CT molecular complexity index is 700. The topological polar surface area (TPSA) is 62.1 Å². The van der Waals surface area contributed by atoms with Gasteiger partial charge in [-0.05, 0) is 48.7 Å². The van der Waals surface area contributed by atoms with Crippen molar-refractivity contribution in [2.45, 2.75) is 32.7 Å². The van der Waals surface area contributed by atoms with E-state index in [2.05, 4.69) is 18.3 Å². The molecule has 124 valence electrons. The van der Waals surface area contributed by atoms with Gasteiger partial charge in [0.2, 0.25) is 0 Å². The Balaban J connectivity index is 1.90. The number of nitrogens with one attached hydrogen (secondary N) is 1. The summed E-state index contributed by atoms with van der Waals surface area (Å²) in [5.41, 5.74) is 2.71. The summed E-state index contributed by atoms with van der Waals surface area (Å²) in [5, 5.41) is 11.7. The van der Waals surface area contributed by atoms with E-state index in [4.69, 9.17) is 10.00 Å². The molecule has 0 saturated carbocycles. The van der Waals surface area contributed by atoms with Crippen LogP contribution in [-0.4, -0.2) is 18.6 Å². The summed E-state index contributed by atoms with van der Waals surface area (Å²) in [6.07, 6.45) is 2.00. The molecule has 0 unspecified atom stereocenters. The molecule has 4 nitrogen and oxygen atoms in total. The molecule has 0 aliphatic rings. The van der Waals surface area contributed by atoms with Gasteiger partial charge in [-0.15, -0.1) is 0 Å². The fourth-order valence-electron chi connectivity index (χ4n) is 2.45. The normalized spacial score (nSPS) is 11.4. The fourth-order valence-corrected chi connectivity index (χ4v) is 2.45. The van der Waals surface area contributed by atoms with Crippen molar-refractivity contribution in [1.82, 2.24) is 5.32 Å². The summed E-state index contributed by atoms with van der Waals surface area (Å²) < 4.78 is 5.52. The van der Waals surface area contributed by atoms with E-state index in [0.717, 1.165) is 24.0 Å². The van der Waals surface area contributed by atoms with Gasteiger partial charge in [-0.1, -0.05) is 37.6 Å². The van der Waals surface area contributed by atoms with E-state index in [1.165, 1.54) is 0 Å². The number of amides is 1. The monoisotopic (exact) mass is 322 g/mol. The number of ether oxygens (including phenoxy) is 1. The first kappa shape index (κ1) is 17.6. The molecule has 0 aliphatic carbocycles. The minimum atomic E-state index is -0.105. The lowest BCUT2D eigenvalue weighted by atomic mass is 10.0. The van der Waals surface area contributed by atoms with Gasteiger partial charge in [0.15, 0.2) is 6.61 Å². The lowest BCUT2D eigenvalue weighted by Gasteiger charge is -2.13. The van der Waals surface area contributed by atoms with Crippen molar-refractivity contribution < 1.29 is 9.53 Å². The number of benzene rings is 2. The maximum absolute atomic E-state index is 11.8. The summed E-state index contributed by atoms with van der Waals surface area (Å²) in [7, 11) is 0. The van der Waals surface area contributed by atoms with Gasteiger partial charge < -0.3 is 10.1 Å². The van der Waals surface area contributed by atoms with Gasteiger partial charge in [-0.25, -0.2) is 0 Å². The third-order valence-corrected chi connectivity index (χ3v) is 3.70. The van der Waals surface area contributed by atoms with Crippen molar-refractivity contribution >= 4 is 5.91 Å². The van der Waals surface area contributed by atoms with Crippen molar-refractivity contribution in [2.75, 3.05) is 6.61 Å². The predicted octanol–water partition coefficient (Wildman–Crippen LogP) is 3.91. The number of carbonyl (C=O) groups excluding carboxylic acids is 1. The minimum absolute atomic E-state index is 0.0181. The van der Waals surface area contributed by atoms with E-state index in [0.29, 0.717) is 11.3 Å². The van der Waals surface area contributed by atoms with Crippen LogP contribution < -0.4 is 10.1 Å². The molecule has 0 aromatic heterocycles. The SMILES string of the molecule is CCC[C@@H](C)NC(=O)COc1ccc(-c2ccc(C#N)cc2)cc1. The summed E-state index contributed by atoms with van der Waals surface area (Å²) in [6, 6.07) is 17.3. The second-order valence-electron chi connectivity index (χ2n) is 5.76. The Hall–Kier alpha value is -2.80. The Morgan fingerprint density at radius 1 is 1.12 bits per heavy atom. The maximum atomic E-state index is 11.8. The third kappa shape index (κ3) is 5.13. The van der Waals surface area contributed by atoms with Crippen molar-refractivity contribution in [1.29, 1.82) is 5.26 Å². The second-order valence-corrected chi connectivity index (χ2v) is 5.76. The van der Waals surface area contributed by atoms with Gasteiger partial charge in [0, 0.05) is 6.04 Å². The van der Waals surface area contributed by atoms with Crippen LogP contribution in [0.25, 0.3) is 11.1 Å². The zero-order chi connectivity index (χ0) is 17.4. The summed E-state index contributed by atoms with van der Waals surface area (Å²) in [6.45, 7) is 4.10. The molecule has 24 heavy (non-hydrogen) atoms. The Labute approximate surface area is 143 Å². The molecular weight excluding hydrogens is 300 g/mol. The molecule has 0 radical (unpaired) electrons. The first-order valence-electron chi connectivity index (χ1n) is 8.15. The van der Waals surface area contributed by atoms with Gasteiger partial charge in [0.05, 0.1) is 11.6 Å². The Kier molecular flexibility index (Phi) is 6.39. The zero-order valence-corrected chi connectivity index (χ0v) is 14.1. The van der Waals surface area contributed by atoms with Crippen LogP contribution in [0.3, 0.4) is 0 Å². The van der Waals surface area contributed by atoms with E-state index in [1.807, 2.05) is 43.3 Å². The average molecular weight is 322 g/mol. The van der Waals surface area contributed by atoms with E-state index < -0.39 is 0 Å². The summed E-state index contributed by atoms with van der Waals surface area (Å²) >= 11 is 0. The molecule has 1 atom stereocenters. The van der Waals surface area contributed by atoms with Crippen LogP contribution in [0.2, 0.25) is 0 Å². The molecule has 1 amide bonds. The summed E-state index contributed by atoms with van der Waals surface area (Å²) in [4.78, 5) is 11.8. The van der Waals surface area contributed by atoms with Gasteiger partial charge >= 0.3 is 0 Å². The van der Waals surface area contributed by atoms with Crippen LogP contribution in [0.5, 0.6) is 5.75 Å². The third-order valence-electron chi connectivity index (χ3n) is 3.70. The summed E-state index contributed by atoms with van der Waals surface area (Å²) in [5.74, 6) is 0.554. The molecule has 1 N–H and O–H groups in total. The van der Waals surface area contributed by atoms with Gasteiger partial charge in [0.25, 0.3) is 5.91 Å². The van der Waals surface area contributed by atoms with E-state index in [1.54, 1.807) is 12.1 Å². The fraction of sp³-hybridized carbons (Fsp3) is 0.300. The predicted molar refractivity (Wildman–Crippen MR) is 94.6 cm³/mol. The van der Waals surface area contributed by atoms with E-state index >= 15 is 0 Å². The van der Waals surface area contributed by atoms with Crippen molar-refractivity contribution in [2.24, 2.45) is 0 Å². The average Bonchev–Trinajstić information content (AvgIpc) is 2.61. The molecule has 0 aliphatic heterocycles. The number of hydrogen-bond acceptors (Lipinski definition) is 3. The number of rotatable bonds is 7. The van der Waals surface area contributed by atoms with Gasteiger partial charge in [0.1, 0.15) is 5.75 Å². The smallest absolute Gasteiger partial charge is 0.258 e. The molecule has 2 rings (SSSR count). The molecule has 0 spiro atoms. The highest BCUT2D eigenvalue weighted by atomic mass is 16.5. The standard InChI is InChI=1S/C20H22N2O2/c1-3-4-15(2)22-20(23)14-24-19-11-9-18(10-12-19)17-7-5-16(13-21)6-8-17/h5-12,15H,3-4,14H2,1-2H3,(H,22,23)/t15-/m1/s1. The van der Waals surface area contributed by atoms with Crippen molar-refractivity contribution in [3.8, 4) is 22.9 Å². The molecule has 0 fully saturated rings. The molecule has 0 heterocycles. The van der Waals surface area contributed by atoms with Crippen LogP contribution in [0.4, 0.5) is 0 Å². The first-order chi connectivity index (χ1) is 11.6. The first-order valence-corrected chi connectivity index (χ1v) is 8.15. The molecule has 2 aromatic rings. The number of nitrogens with zero attached hydrogens (tertiary/aromatic N) is 1. The molecule has 0 saturated heterocycles. The van der Waals surface area contributed by atoms with Crippen LogP contribution in [-0.2, 0) is 4.79 Å². The number of carbonyl (C=O) groups is 1. The molecule has 4 heteroatoms. The van der Waals surface area contributed by atoms with Crippen molar-refractivity contribution in [3.05, 3.63) is 54.1 Å². The minimum Gasteiger partial charge on any atom is -0.484 e. The van der Waals surface area contributed by atoms with Crippen LogP contribution in [0.15, 0.2) is 48.5 Å². The number of nitriles is 1. The highest BCUT2D eigenvalue weighted by molar-refractivity contribution is 5.77. The molecule has 2 aromatic carbocycles. The van der Waals surface area contributed by atoms with Crippen LogP contribution in [0.1, 0.15) is 32.3 Å². The zero-order valence-electron chi connectivity index (χ0n) is 14.1. The van der Waals surface area contributed by atoms with E-state index in [9.17, 15) is 4.79 Å². The van der Waals surface area contributed by atoms with Crippen LogP contribution in [0, 0.1) is 11.3 Å². The van der Waals surface area contributed by atoms with Crippen molar-refractivity contribution in [3.63, 3.8) is 0 Å². The maximum Gasteiger partial charge on any atom is 0.258 e. The lowest BCUT2D eigenvalue weighted by molar-refractivity contribution is -0.123. The van der Waals surface area contributed by atoms with E-state index in [-0.39, 0.29) is 18.6 Å². The quantitative estimate of drug-likeness (QED) is 0.840. The highest BCUT2D eigenvalue weighted by Crippen LogP contribution is 2.22. The second kappa shape index (κ2) is 8.73. The van der Waals surface area contributed by atoms with Gasteiger partial charge in [-0.2, -0.15) is 5.26 Å². The molecular formula is C20H22N2O2. The largest absolute Gasteiger partial charge is 0.484 e. The Morgan fingerprint density at radius 2 is 1.71 bits per heavy atom. The van der Waals surface area contributed by atoms with Gasteiger partial charge in [-0.3, -0.25) is 4.79 Å². The molecule has 0 bridgehead atoms. The van der Waals surface area contributed by atoms with Crippen LogP contribution >= 0.6 is 0 Å². The Morgan fingerprint density at radius 3 is 2.25 bits per heavy atom.